The van der Waals surface area contributed by atoms with Crippen molar-refractivity contribution in [3.05, 3.63) is 77.4 Å². The summed E-state index contributed by atoms with van der Waals surface area (Å²) in [4.78, 5) is 38.0. The Bertz CT molecular complexity index is 2250. The van der Waals surface area contributed by atoms with Crippen LogP contribution in [0.25, 0.3) is 0 Å². The van der Waals surface area contributed by atoms with Crippen molar-refractivity contribution in [2.75, 3.05) is 67.5 Å². The first-order chi connectivity index (χ1) is 28.9. The van der Waals surface area contributed by atoms with Crippen LogP contribution in [0.15, 0.2) is 66.9 Å². The van der Waals surface area contributed by atoms with Crippen LogP contribution >= 0.6 is 18.7 Å². The number of piperidine rings is 2. The highest BCUT2D eigenvalue weighted by atomic mass is 35.5. The van der Waals surface area contributed by atoms with Gasteiger partial charge in [0, 0.05) is 61.4 Å². The number of halogens is 1. The molecular weight excluding hydrogens is 799 g/mol. The molecule has 0 bridgehead atoms. The third-order valence-electron chi connectivity index (χ3n) is 12.6. The molecule has 0 radical (unpaired) electrons. The molecule has 15 heteroatoms. The maximum atomic E-state index is 13.0. The van der Waals surface area contributed by atoms with Crippen LogP contribution in [0, 0.1) is 5.41 Å². The van der Waals surface area contributed by atoms with E-state index in [0.29, 0.717) is 52.5 Å². The molecule has 1 saturated carbocycles. The Labute approximate surface area is 357 Å². The molecule has 3 aliphatic heterocycles. The fraction of sp³-hybridized carbons (Fsp3) is 0.467. The van der Waals surface area contributed by atoms with E-state index < -0.39 is 13.2 Å². The van der Waals surface area contributed by atoms with Gasteiger partial charge >= 0.3 is 0 Å². The number of aromatic nitrogens is 2. The van der Waals surface area contributed by atoms with Crippen molar-refractivity contribution in [1.29, 1.82) is 0 Å². The highest BCUT2D eigenvalue weighted by Crippen LogP contribution is 2.47. The lowest BCUT2D eigenvalue weighted by atomic mass is 9.67. The number of hydrogen-bond donors (Lipinski definition) is 4. The average Bonchev–Trinajstić information content (AvgIpc) is 3.23. The number of carbonyl (C=O) groups is 2. The van der Waals surface area contributed by atoms with Gasteiger partial charge in [0.2, 0.25) is 17.8 Å². The minimum Gasteiger partial charge on any atom is -0.494 e. The van der Waals surface area contributed by atoms with Gasteiger partial charge in [-0.3, -0.25) is 19.8 Å². The molecule has 2 amide bonds. The van der Waals surface area contributed by atoms with Gasteiger partial charge in [0.25, 0.3) is 0 Å². The van der Waals surface area contributed by atoms with Crippen molar-refractivity contribution in [1.82, 2.24) is 20.2 Å². The molecule has 1 atom stereocenters. The largest absolute Gasteiger partial charge is 0.494 e. The molecule has 4 aromatic rings. The topological polar surface area (TPSA) is 150 Å². The molecule has 4 aliphatic rings. The van der Waals surface area contributed by atoms with E-state index in [1.165, 1.54) is 37.2 Å². The van der Waals surface area contributed by atoms with E-state index in [9.17, 15) is 14.2 Å². The first-order valence-corrected chi connectivity index (χ1v) is 24.1. The second-order valence-electron chi connectivity index (χ2n) is 17.2. The molecule has 4 N–H and O–H groups in total. The first kappa shape index (κ1) is 41.9. The van der Waals surface area contributed by atoms with Gasteiger partial charge in [-0.15, -0.1) is 0 Å². The van der Waals surface area contributed by atoms with Crippen LogP contribution in [-0.2, 0) is 20.6 Å². The minimum atomic E-state index is -2.55. The SMILES string of the molecule is CCc1cc(Nc2ncc(Cl)c(Nc3ccccc3P(C)(C)=O)n2)c(OC)cc1N1CCC(N2CC3(CCC(Oc4ccc(NC5CCC(=O)NC5=O)cc4)CC3)C2)CC1. The van der Waals surface area contributed by atoms with Gasteiger partial charge < -0.3 is 34.9 Å². The molecule has 3 saturated heterocycles. The number of benzene rings is 3. The zero-order chi connectivity index (χ0) is 42.0. The van der Waals surface area contributed by atoms with Gasteiger partial charge in [-0.25, -0.2) is 4.98 Å². The summed E-state index contributed by atoms with van der Waals surface area (Å²) >= 11 is 6.53. The van der Waals surface area contributed by atoms with E-state index in [2.05, 4.69) is 55.1 Å². The predicted molar refractivity (Wildman–Crippen MR) is 240 cm³/mol. The second kappa shape index (κ2) is 17.6. The summed E-state index contributed by atoms with van der Waals surface area (Å²) in [6, 6.07) is 19.8. The fourth-order valence-electron chi connectivity index (χ4n) is 9.31. The lowest BCUT2D eigenvalue weighted by Crippen LogP contribution is -2.62. The van der Waals surface area contributed by atoms with E-state index in [1.54, 1.807) is 26.6 Å². The number of carbonyl (C=O) groups excluding carboxylic acids is 2. The van der Waals surface area contributed by atoms with Crippen molar-refractivity contribution in [3.8, 4) is 11.5 Å². The lowest BCUT2D eigenvalue weighted by molar-refractivity contribution is -0.133. The van der Waals surface area contributed by atoms with E-state index in [1.807, 2.05) is 48.5 Å². The van der Waals surface area contributed by atoms with Gasteiger partial charge in [-0.05, 0) is 118 Å². The molecule has 1 aromatic heterocycles. The number of methoxy groups -OCH3 is 1. The number of anilines is 6. The molecule has 13 nitrogen and oxygen atoms in total. The Morgan fingerprint density at radius 3 is 2.37 bits per heavy atom. The summed E-state index contributed by atoms with van der Waals surface area (Å²) in [5, 5.41) is 13.4. The van der Waals surface area contributed by atoms with Crippen LogP contribution < -0.4 is 40.9 Å². The second-order valence-corrected chi connectivity index (χ2v) is 20.7. The van der Waals surface area contributed by atoms with Crippen molar-refractivity contribution in [3.63, 3.8) is 0 Å². The van der Waals surface area contributed by atoms with Crippen LogP contribution in [0.2, 0.25) is 5.02 Å². The Kier molecular flexibility index (Phi) is 12.3. The van der Waals surface area contributed by atoms with E-state index in [-0.39, 0.29) is 17.9 Å². The maximum absolute atomic E-state index is 13.0. The number of ether oxygens (including phenoxy) is 2. The number of imide groups is 1. The minimum absolute atomic E-state index is 0.212. The maximum Gasteiger partial charge on any atom is 0.249 e. The van der Waals surface area contributed by atoms with Gasteiger partial charge in [-0.1, -0.05) is 30.7 Å². The lowest BCUT2D eigenvalue weighted by Gasteiger charge is -2.57. The Hall–Kier alpha value is -4.84. The summed E-state index contributed by atoms with van der Waals surface area (Å²) in [6.45, 7) is 10.0. The Balaban J connectivity index is 0.822. The van der Waals surface area contributed by atoms with Crippen molar-refractivity contribution in [2.45, 2.75) is 82.9 Å². The number of para-hydroxylation sites is 1. The molecule has 4 fully saturated rings. The standard InChI is InChI=1S/C45H56ClN8O5P/c1-5-29-24-37(50-44-47-26-34(46)42(52-44)49-35-8-6-7-9-40(35)60(3,4)57)39(58-2)25-38(29)53-22-18-31(19-23-53)54-27-45(28-54)20-16-33(17-21-45)59-32-12-10-30(11-13-32)48-36-14-15-41(55)51-43(36)56/h6-13,24-26,31,33,36,48H,5,14-23,27-28H2,1-4H3,(H,51,55,56)(H2,47,49,50,52). The summed E-state index contributed by atoms with van der Waals surface area (Å²) in [6.07, 6.45) is 10.2. The summed E-state index contributed by atoms with van der Waals surface area (Å²) in [5.41, 5.74) is 5.15. The number of nitrogens with zero attached hydrogens (tertiary/aromatic N) is 4. The third kappa shape index (κ3) is 9.38. The normalized spacial score (nSPS) is 20.0. The number of hydrogen-bond acceptors (Lipinski definition) is 12. The number of nitrogens with one attached hydrogen (secondary N) is 4. The summed E-state index contributed by atoms with van der Waals surface area (Å²) in [7, 11) is -0.863. The van der Waals surface area contributed by atoms with E-state index in [4.69, 9.17) is 26.1 Å². The molecule has 318 valence electrons. The van der Waals surface area contributed by atoms with Gasteiger partial charge in [0.05, 0.1) is 30.8 Å². The highest BCUT2D eigenvalue weighted by molar-refractivity contribution is 7.70. The van der Waals surface area contributed by atoms with Crippen LogP contribution in [0.1, 0.15) is 63.9 Å². The number of amides is 2. The Morgan fingerprint density at radius 2 is 1.68 bits per heavy atom. The van der Waals surface area contributed by atoms with Crippen LogP contribution in [-0.4, -0.2) is 91.5 Å². The molecule has 1 aliphatic carbocycles. The summed E-state index contributed by atoms with van der Waals surface area (Å²) in [5.74, 6) is 1.87. The zero-order valence-electron chi connectivity index (χ0n) is 34.9. The molecule has 1 spiro atoms. The third-order valence-corrected chi connectivity index (χ3v) is 14.5. The Morgan fingerprint density at radius 1 is 0.950 bits per heavy atom. The highest BCUT2D eigenvalue weighted by Gasteiger charge is 2.47. The fourth-order valence-corrected chi connectivity index (χ4v) is 10.6. The van der Waals surface area contributed by atoms with Crippen LogP contribution in [0.3, 0.4) is 0 Å². The first-order valence-electron chi connectivity index (χ1n) is 21.2. The molecule has 3 aromatic carbocycles. The van der Waals surface area contributed by atoms with E-state index >= 15 is 0 Å². The quantitative estimate of drug-likeness (QED) is 0.0764. The van der Waals surface area contributed by atoms with Crippen LogP contribution in [0.4, 0.5) is 34.5 Å². The van der Waals surface area contributed by atoms with Crippen molar-refractivity contribution >= 4 is 70.4 Å². The van der Waals surface area contributed by atoms with Gasteiger partial charge in [0.15, 0.2) is 5.82 Å². The molecule has 8 rings (SSSR count). The van der Waals surface area contributed by atoms with Crippen molar-refractivity contribution < 1.29 is 23.6 Å². The van der Waals surface area contributed by atoms with E-state index in [0.717, 1.165) is 67.6 Å². The smallest absolute Gasteiger partial charge is 0.249 e. The van der Waals surface area contributed by atoms with Crippen LogP contribution in [0.5, 0.6) is 11.5 Å². The monoisotopic (exact) mass is 854 g/mol. The average molecular weight is 855 g/mol. The van der Waals surface area contributed by atoms with Crippen molar-refractivity contribution in [2.24, 2.45) is 5.41 Å². The van der Waals surface area contributed by atoms with Gasteiger partial charge in [-0.2, -0.15) is 4.98 Å². The number of rotatable bonds is 13. The molecule has 1 unspecified atom stereocenters. The summed E-state index contributed by atoms with van der Waals surface area (Å²) < 4.78 is 25.3. The number of aryl methyl sites for hydroxylation is 1. The molecule has 60 heavy (non-hydrogen) atoms. The predicted octanol–water partition coefficient (Wildman–Crippen LogP) is 7.95. The van der Waals surface area contributed by atoms with Gasteiger partial charge in [0.1, 0.15) is 29.7 Å². The number of likely N-dealkylation sites (tertiary alicyclic amines) is 1. The molecule has 4 heterocycles. The zero-order valence-corrected chi connectivity index (χ0v) is 36.6. The molecular formula is C45H56ClN8O5P.